The summed E-state index contributed by atoms with van der Waals surface area (Å²) >= 11 is 0. The lowest BCUT2D eigenvalue weighted by molar-refractivity contribution is -0.145. The molecule has 0 amide bonds. The minimum Gasteiger partial charge on any atom is -0.465 e. The number of halogens is 2. The largest absolute Gasteiger partial charge is 0.465 e. The number of unbranched alkanes of at least 4 members (excludes halogenated alkanes) is 1. The summed E-state index contributed by atoms with van der Waals surface area (Å²) in [6.07, 6.45) is -0.847. The van der Waals surface area contributed by atoms with Gasteiger partial charge >= 0.3 is 5.97 Å². The predicted molar refractivity (Wildman–Crippen MR) is 55.4 cm³/mol. The number of rotatable bonds is 9. The monoisotopic (exact) mass is 239 g/mol. The summed E-state index contributed by atoms with van der Waals surface area (Å²) in [5.74, 6) is -0.525. The molecule has 0 fully saturated rings. The van der Waals surface area contributed by atoms with Crippen LogP contribution < -0.4 is 0 Å². The van der Waals surface area contributed by atoms with Crippen LogP contribution in [0.1, 0.15) is 19.8 Å². The molecule has 0 aromatic carbocycles. The number of alkyl halides is 2. The van der Waals surface area contributed by atoms with Crippen LogP contribution in [0.5, 0.6) is 0 Å². The van der Waals surface area contributed by atoms with Crippen LogP contribution in [-0.2, 0) is 9.53 Å². The van der Waals surface area contributed by atoms with E-state index in [2.05, 4.69) is 0 Å². The lowest BCUT2D eigenvalue weighted by atomic mass is 10.4. The second-order valence-corrected chi connectivity index (χ2v) is 3.42. The first-order chi connectivity index (χ1) is 7.60. The van der Waals surface area contributed by atoms with Crippen molar-refractivity contribution in [2.24, 2.45) is 0 Å². The maximum Gasteiger partial charge on any atom is 0.320 e. The molecule has 0 bridgehead atoms. The third kappa shape index (κ3) is 8.55. The summed E-state index contributed by atoms with van der Waals surface area (Å²) in [5.41, 5.74) is 0. The van der Waals surface area contributed by atoms with Crippen molar-refractivity contribution >= 4 is 5.97 Å². The number of aliphatic hydroxyl groups excluding tert-OH is 1. The zero-order valence-electron chi connectivity index (χ0n) is 9.49. The number of esters is 1. The van der Waals surface area contributed by atoms with Gasteiger partial charge in [-0.25, -0.2) is 8.78 Å². The van der Waals surface area contributed by atoms with Crippen molar-refractivity contribution in [3.63, 3.8) is 0 Å². The number of nitrogens with zero attached hydrogens (tertiary/aromatic N) is 1. The van der Waals surface area contributed by atoms with E-state index in [4.69, 9.17) is 9.84 Å². The maximum absolute atomic E-state index is 12.1. The molecule has 0 saturated heterocycles. The number of carbonyl (C=O) groups is 1. The Morgan fingerprint density at radius 3 is 2.69 bits per heavy atom. The Morgan fingerprint density at radius 2 is 2.19 bits per heavy atom. The van der Waals surface area contributed by atoms with Crippen molar-refractivity contribution in [1.82, 2.24) is 4.90 Å². The maximum atomic E-state index is 12.1. The van der Waals surface area contributed by atoms with Crippen LogP contribution >= 0.6 is 0 Å². The quantitative estimate of drug-likeness (QED) is 0.479. The molecule has 0 unspecified atom stereocenters. The molecular weight excluding hydrogens is 220 g/mol. The number of hydrogen-bond donors (Lipinski definition) is 1. The van der Waals surface area contributed by atoms with Gasteiger partial charge in [0.1, 0.15) is 0 Å². The lowest BCUT2D eigenvalue weighted by Gasteiger charge is -2.19. The molecule has 0 aliphatic carbocycles. The van der Waals surface area contributed by atoms with Gasteiger partial charge in [0.05, 0.1) is 26.3 Å². The molecule has 4 nitrogen and oxygen atoms in total. The van der Waals surface area contributed by atoms with Crippen LogP contribution in [0.15, 0.2) is 0 Å². The predicted octanol–water partition coefficient (Wildman–Crippen LogP) is 0.889. The first-order valence-electron chi connectivity index (χ1n) is 5.37. The van der Waals surface area contributed by atoms with Gasteiger partial charge in [-0.15, -0.1) is 0 Å². The summed E-state index contributed by atoms with van der Waals surface area (Å²) < 4.78 is 29.0. The van der Waals surface area contributed by atoms with Gasteiger partial charge < -0.3 is 9.84 Å². The van der Waals surface area contributed by atoms with E-state index in [-0.39, 0.29) is 19.7 Å². The Balaban J connectivity index is 3.83. The normalized spacial score (nSPS) is 11.1. The Kier molecular flexibility index (Phi) is 9.03. The molecule has 0 aliphatic rings. The van der Waals surface area contributed by atoms with Crippen molar-refractivity contribution < 1.29 is 23.4 Å². The first-order valence-corrected chi connectivity index (χ1v) is 5.37. The van der Waals surface area contributed by atoms with E-state index < -0.39 is 18.9 Å². The summed E-state index contributed by atoms with van der Waals surface area (Å²) in [7, 11) is 0. The Morgan fingerprint density at radius 1 is 1.50 bits per heavy atom. The van der Waals surface area contributed by atoms with Gasteiger partial charge in [0.25, 0.3) is 6.43 Å². The molecule has 0 radical (unpaired) electrons. The van der Waals surface area contributed by atoms with Gasteiger partial charge in [-0.3, -0.25) is 9.69 Å². The van der Waals surface area contributed by atoms with E-state index in [1.807, 2.05) is 6.92 Å². The SMILES string of the molecule is CCCCOC(=O)CN(CCO)CC(F)F. The highest BCUT2D eigenvalue weighted by Crippen LogP contribution is 1.99. The third-order valence-corrected chi connectivity index (χ3v) is 1.93. The molecule has 0 atom stereocenters. The standard InChI is InChI=1S/C10H19F2NO3/c1-2-3-6-16-10(15)8-13(4-5-14)7-9(11)12/h9,14H,2-8H2,1H3. The summed E-state index contributed by atoms with van der Waals surface area (Å²) in [4.78, 5) is 12.4. The topological polar surface area (TPSA) is 49.8 Å². The van der Waals surface area contributed by atoms with Gasteiger partial charge in [-0.1, -0.05) is 13.3 Å². The third-order valence-electron chi connectivity index (χ3n) is 1.93. The Labute approximate surface area is 94.2 Å². The van der Waals surface area contributed by atoms with Crippen LogP contribution in [0.3, 0.4) is 0 Å². The van der Waals surface area contributed by atoms with Crippen molar-refractivity contribution in [3.8, 4) is 0 Å². The second-order valence-electron chi connectivity index (χ2n) is 3.42. The Hall–Kier alpha value is -0.750. The van der Waals surface area contributed by atoms with E-state index in [1.165, 1.54) is 4.90 Å². The molecular formula is C10H19F2NO3. The average Bonchev–Trinajstić information content (AvgIpc) is 2.17. The van der Waals surface area contributed by atoms with Crippen LogP contribution in [-0.4, -0.2) is 55.2 Å². The van der Waals surface area contributed by atoms with Crippen molar-refractivity contribution in [2.45, 2.75) is 26.2 Å². The fraction of sp³-hybridized carbons (Fsp3) is 0.900. The van der Waals surface area contributed by atoms with E-state index in [0.717, 1.165) is 12.8 Å². The van der Waals surface area contributed by atoms with Gasteiger partial charge in [-0.2, -0.15) is 0 Å². The highest BCUT2D eigenvalue weighted by atomic mass is 19.3. The second kappa shape index (κ2) is 9.47. The molecule has 6 heteroatoms. The Bertz CT molecular complexity index is 191. The number of ether oxygens (including phenoxy) is 1. The van der Waals surface area contributed by atoms with Crippen LogP contribution in [0.25, 0.3) is 0 Å². The van der Waals surface area contributed by atoms with Crippen molar-refractivity contribution in [1.29, 1.82) is 0 Å². The molecule has 0 heterocycles. The zero-order chi connectivity index (χ0) is 12.4. The average molecular weight is 239 g/mol. The first kappa shape index (κ1) is 15.2. The van der Waals surface area contributed by atoms with Crippen LogP contribution in [0.4, 0.5) is 8.78 Å². The molecule has 96 valence electrons. The smallest absolute Gasteiger partial charge is 0.320 e. The summed E-state index contributed by atoms with van der Waals surface area (Å²) in [5, 5.41) is 8.64. The number of carbonyl (C=O) groups excluding carboxylic acids is 1. The molecule has 0 rings (SSSR count). The van der Waals surface area contributed by atoms with Crippen molar-refractivity contribution in [2.75, 3.05) is 32.8 Å². The highest BCUT2D eigenvalue weighted by Gasteiger charge is 2.15. The van der Waals surface area contributed by atoms with Crippen LogP contribution in [0, 0.1) is 0 Å². The highest BCUT2D eigenvalue weighted by molar-refractivity contribution is 5.71. The molecule has 0 aliphatic heterocycles. The zero-order valence-corrected chi connectivity index (χ0v) is 9.49. The molecule has 0 spiro atoms. The molecule has 1 N–H and O–H groups in total. The molecule has 0 aromatic rings. The summed E-state index contributed by atoms with van der Waals surface area (Å²) in [6, 6.07) is 0. The van der Waals surface area contributed by atoms with E-state index >= 15 is 0 Å². The minimum absolute atomic E-state index is 0.0488. The van der Waals surface area contributed by atoms with E-state index in [9.17, 15) is 13.6 Å². The van der Waals surface area contributed by atoms with Crippen LogP contribution in [0.2, 0.25) is 0 Å². The van der Waals surface area contributed by atoms with E-state index in [0.29, 0.717) is 6.61 Å². The van der Waals surface area contributed by atoms with Crippen molar-refractivity contribution in [3.05, 3.63) is 0 Å². The fourth-order valence-electron chi connectivity index (χ4n) is 1.13. The fourth-order valence-corrected chi connectivity index (χ4v) is 1.13. The molecule has 16 heavy (non-hydrogen) atoms. The molecule has 0 saturated carbocycles. The van der Waals surface area contributed by atoms with Gasteiger partial charge in [0.15, 0.2) is 0 Å². The van der Waals surface area contributed by atoms with Gasteiger partial charge in [-0.05, 0) is 6.42 Å². The number of hydrogen-bond acceptors (Lipinski definition) is 4. The summed E-state index contributed by atoms with van der Waals surface area (Å²) in [6.45, 7) is 1.35. The van der Waals surface area contributed by atoms with E-state index in [1.54, 1.807) is 0 Å². The van der Waals surface area contributed by atoms with Gasteiger partial charge in [0.2, 0.25) is 0 Å². The van der Waals surface area contributed by atoms with Gasteiger partial charge in [0, 0.05) is 6.54 Å². The minimum atomic E-state index is -2.52. The lowest BCUT2D eigenvalue weighted by Crippen LogP contribution is -2.36. The molecule has 0 aromatic heterocycles. The number of aliphatic hydroxyl groups is 1.